The number of carboxylic acids is 1. The van der Waals surface area contributed by atoms with Gasteiger partial charge in [-0.2, -0.15) is 0 Å². The largest absolute Gasteiger partial charge is 0.481 e. The van der Waals surface area contributed by atoms with E-state index in [0.717, 1.165) is 18.6 Å². The summed E-state index contributed by atoms with van der Waals surface area (Å²) in [6, 6.07) is 0. The molecular weight excluding hydrogens is 226 g/mol. The second-order valence-corrected chi connectivity index (χ2v) is 5.48. The van der Waals surface area contributed by atoms with Crippen LogP contribution in [0.5, 0.6) is 0 Å². The van der Waals surface area contributed by atoms with Crippen molar-refractivity contribution in [3.05, 3.63) is 0 Å². The van der Waals surface area contributed by atoms with E-state index in [1.165, 1.54) is 6.42 Å². The van der Waals surface area contributed by atoms with Crippen molar-refractivity contribution in [1.29, 1.82) is 0 Å². The highest BCUT2D eigenvalue weighted by Crippen LogP contribution is 2.24. The second-order valence-electron chi connectivity index (χ2n) is 4.17. The minimum Gasteiger partial charge on any atom is -0.481 e. The summed E-state index contributed by atoms with van der Waals surface area (Å²) in [5.41, 5.74) is 0. The first kappa shape index (κ1) is 13.4. The Morgan fingerprint density at radius 2 is 2.25 bits per heavy atom. The van der Waals surface area contributed by atoms with Crippen LogP contribution < -0.4 is 5.32 Å². The maximum Gasteiger partial charge on any atom is 0.306 e. The number of hydrogen-bond acceptors (Lipinski definition) is 3. The molecule has 0 aliphatic carbocycles. The van der Waals surface area contributed by atoms with Crippen LogP contribution in [0.15, 0.2) is 0 Å². The molecule has 1 saturated heterocycles. The standard InChI is InChI=1S/C11H19NO3S/c1-8(11(14)15)5-6-12-10(13)9-4-2-3-7-16-9/h8-9H,2-7H2,1H3,(H,12,13)(H,14,15). The quantitative estimate of drug-likeness (QED) is 0.770. The molecule has 0 bridgehead atoms. The van der Waals surface area contributed by atoms with Gasteiger partial charge in [-0.3, -0.25) is 9.59 Å². The van der Waals surface area contributed by atoms with Crippen LogP contribution in [-0.4, -0.2) is 34.5 Å². The highest BCUT2D eigenvalue weighted by Gasteiger charge is 2.21. The molecule has 1 amide bonds. The average molecular weight is 245 g/mol. The van der Waals surface area contributed by atoms with Crippen molar-refractivity contribution >= 4 is 23.6 Å². The Labute approximate surface area is 100 Å². The summed E-state index contributed by atoms with van der Waals surface area (Å²) in [4.78, 5) is 22.2. The van der Waals surface area contributed by atoms with Crippen molar-refractivity contribution in [2.75, 3.05) is 12.3 Å². The smallest absolute Gasteiger partial charge is 0.306 e. The van der Waals surface area contributed by atoms with Crippen molar-refractivity contribution in [2.45, 2.75) is 37.9 Å². The highest BCUT2D eigenvalue weighted by atomic mass is 32.2. The maximum absolute atomic E-state index is 11.7. The van der Waals surface area contributed by atoms with Gasteiger partial charge < -0.3 is 10.4 Å². The molecule has 5 heteroatoms. The summed E-state index contributed by atoms with van der Waals surface area (Å²) < 4.78 is 0. The third-order valence-corrected chi connectivity index (χ3v) is 4.15. The van der Waals surface area contributed by atoms with Gasteiger partial charge in [-0.05, 0) is 25.0 Å². The molecule has 2 N–H and O–H groups in total. The van der Waals surface area contributed by atoms with Gasteiger partial charge in [0.25, 0.3) is 0 Å². The van der Waals surface area contributed by atoms with E-state index in [4.69, 9.17) is 5.11 Å². The second kappa shape index (κ2) is 6.78. The van der Waals surface area contributed by atoms with E-state index in [1.54, 1.807) is 18.7 Å². The average Bonchev–Trinajstić information content (AvgIpc) is 2.29. The Bertz CT molecular complexity index is 252. The van der Waals surface area contributed by atoms with Crippen molar-refractivity contribution in [2.24, 2.45) is 5.92 Å². The van der Waals surface area contributed by atoms with Crippen LogP contribution in [0.3, 0.4) is 0 Å². The molecule has 92 valence electrons. The van der Waals surface area contributed by atoms with Gasteiger partial charge in [0.2, 0.25) is 5.91 Å². The molecule has 0 aromatic heterocycles. The number of thioether (sulfide) groups is 1. The van der Waals surface area contributed by atoms with Gasteiger partial charge in [-0.15, -0.1) is 11.8 Å². The number of nitrogens with one attached hydrogen (secondary N) is 1. The lowest BCUT2D eigenvalue weighted by Crippen LogP contribution is -2.35. The van der Waals surface area contributed by atoms with Gasteiger partial charge in [0, 0.05) is 6.54 Å². The molecule has 0 radical (unpaired) electrons. The molecule has 0 aromatic rings. The van der Waals surface area contributed by atoms with E-state index in [9.17, 15) is 9.59 Å². The molecule has 0 aromatic carbocycles. The topological polar surface area (TPSA) is 66.4 Å². The first-order valence-corrected chi connectivity index (χ1v) is 6.78. The van der Waals surface area contributed by atoms with Crippen molar-refractivity contribution in [3.8, 4) is 0 Å². The predicted octanol–water partition coefficient (Wildman–Crippen LogP) is 1.50. The van der Waals surface area contributed by atoms with Crippen LogP contribution in [0.1, 0.15) is 32.6 Å². The van der Waals surface area contributed by atoms with Gasteiger partial charge in [-0.25, -0.2) is 0 Å². The molecule has 1 heterocycles. The Kier molecular flexibility index (Phi) is 5.66. The third kappa shape index (κ3) is 4.43. The fraction of sp³-hybridized carbons (Fsp3) is 0.818. The molecule has 0 spiro atoms. The number of hydrogen-bond donors (Lipinski definition) is 2. The van der Waals surface area contributed by atoms with E-state index in [1.807, 2.05) is 0 Å². The van der Waals surface area contributed by atoms with Crippen LogP contribution in [0.25, 0.3) is 0 Å². The zero-order valence-electron chi connectivity index (χ0n) is 9.57. The van der Waals surface area contributed by atoms with Gasteiger partial charge in [0.05, 0.1) is 11.2 Å². The number of carbonyl (C=O) groups is 2. The summed E-state index contributed by atoms with van der Waals surface area (Å²) in [5.74, 6) is -0.0632. The van der Waals surface area contributed by atoms with Crippen molar-refractivity contribution < 1.29 is 14.7 Å². The SMILES string of the molecule is CC(CCNC(=O)C1CCCCS1)C(=O)O. The molecule has 1 fully saturated rings. The zero-order chi connectivity index (χ0) is 12.0. The Balaban J connectivity index is 2.16. The molecule has 16 heavy (non-hydrogen) atoms. The van der Waals surface area contributed by atoms with Crippen LogP contribution in [0, 0.1) is 5.92 Å². The summed E-state index contributed by atoms with van der Waals surface area (Å²) in [6.07, 6.45) is 3.77. The van der Waals surface area contributed by atoms with Gasteiger partial charge in [0.15, 0.2) is 0 Å². The number of aliphatic carboxylic acids is 1. The zero-order valence-corrected chi connectivity index (χ0v) is 10.4. The number of amides is 1. The Hall–Kier alpha value is -0.710. The predicted molar refractivity (Wildman–Crippen MR) is 64.5 cm³/mol. The molecule has 0 saturated carbocycles. The third-order valence-electron chi connectivity index (χ3n) is 2.77. The summed E-state index contributed by atoms with van der Waals surface area (Å²) in [5, 5.41) is 11.6. The van der Waals surface area contributed by atoms with E-state index >= 15 is 0 Å². The molecule has 2 unspecified atom stereocenters. The Morgan fingerprint density at radius 1 is 1.50 bits per heavy atom. The van der Waals surface area contributed by atoms with Crippen molar-refractivity contribution in [3.63, 3.8) is 0 Å². The monoisotopic (exact) mass is 245 g/mol. The number of carbonyl (C=O) groups excluding carboxylic acids is 1. The lowest BCUT2D eigenvalue weighted by Gasteiger charge is -2.20. The van der Waals surface area contributed by atoms with Crippen LogP contribution in [-0.2, 0) is 9.59 Å². The first-order valence-electron chi connectivity index (χ1n) is 5.73. The lowest BCUT2D eigenvalue weighted by atomic mass is 10.1. The van der Waals surface area contributed by atoms with Gasteiger partial charge >= 0.3 is 5.97 Å². The first-order chi connectivity index (χ1) is 7.61. The fourth-order valence-electron chi connectivity index (χ4n) is 1.60. The minimum absolute atomic E-state index is 0.0716. The number of rotatable bonds is 5. The summed E-state index contributed by atoms with van der Waals surface area (Å²) in [7, 11) is 0. The lowest BCUT2D eigenvalue weighted by molar-refractivity contribution is -0.141. The fourth-order valence-corrected chi connectivity index (χ4v) is 2.82. The van der Waals surface area contributed by atoms with E-state index < -0.39 is 5.97 Å². The minimum atomic E-state index is -0.804. The van der Waals surface area contributed by atoms with Crippen LogP contribution in [0.4, 0.5) is 0 Å². The molecule has 1 rings (SSSR count). The number of carboxylic acid groups (broad SMARTS) is 1. The van der Waals surface area contributed by atoms with Crippen LogP contribution in [0.2, 0.25) is 0 Å². The maximum atomic E-state index is 11.7. The molecular formula is C11H19NO3S. The highest BCUT2D eigenvalue weighted by molar-refractivity contribution is 8.00. The molecule has 1 aliphatic heterocycles. The molecule has 1 aliphatic rings. The van der Waals surface area contributed by atoms with E-state index in [-0.39, 0.29) is 17.1 Å². The summed E-state index contributed by atoms with van der Waals surface area (Å²) in [6.45, 7) is 2.12. The van der Waals surface area contributed by atoms with Crippen LogP contribution >= 0.6 is 11.8 Å². The Morgan fingerprint density at radius 3 is 2.81 bits per heavy atom. The van der Waals surface area contributed by atoms with Gasteiger partial charge in [-0.1, -0.05) is 13.3 Å². The van der Waals surface area contributed by atoms with Gasteiger partial charge in [0.1, 0.15) is 0 Å². The summed E-state index contributed by atoms with van der Waals surface area (Å²) >= 11 is 1.71. The van der Waals surface area contributed by atoms with E-state index in [2.05, 4.69) is 5.32 Å². The van der Waals surface area contributed by atoms with E-state index in [0.29, 0.717) is 13.0 Å². The molecule has 2 atom stereocenters. The normalized spacial score (nSPS) is 22.4. The van der Waals surface area contributed by atoms with Crippen molar-refractivity contribution in [1.82, 2.24) is 5.32 Å². The molecule has 4 nitrogen and oxygen atoms in total.